The van der Waals surface area contributed by atoms with Crippen LogP contribution >= 0.6 is 0 Å². The van der Waals surface area contributed by atoms with Gasteiger partial charge in [-0.3, -0.25) is 0 Å². The van der Waals surface area contributed by atoms with E-state index in [-0.39, 0.29) is 6.10 Å². The Morgan fingerprint density at radius 3 is 2.57 bits per heavy atom. The monoisotopic (exact) mass is 188 g/mol. The molecule has 0 N–H and O–H groups in total. The predicted octanol–water partition coefficient (Wildman–Crippen LogP) is 3.85. The van der Waals surface area contributed by atoms with Crippen LogP contribution in [0.1, 0.15) is 25.5 Å². The lowest BCUT2D eigenvalue weighted by atomic mass is 10.1. The van der Waals surface area contributed by atoms with Gasteiger partial charge in [0, 0.05) is 0 Å². The Kier molecular flexibility index (Phi) is 3.99. The van der Waals surface area contributed by atoms with Crippen molar-refractivity contribution < 1.29 is 4.74 Å². The third-order valence-corrected chi connectivity index (χ3v) is 2.05. The Bertz CT molecular complexity index is 311. The summed E-state index contributed by atoms with van der Waals surface area (Å²) >= 11 is 0. The van der Waals surface area contributed by atoms with Crippen LogP contribution in [0.5, 0.6) is 0 Å². The van der Waals surface area contributed by atoms with Crippen LogP contribution < -0.4 is 0 Å². The maximum absolute atomic E-state index is 5.55. The average Bonchev–Trinajstić information content (AvgIpc) is 2.26. The zero-order valence-electron chi connectivity index (χ0n) is 8.73. The molecular formula is C13H16O. The highest BCUT2D eigenvalue weighted by molar-refractivity contribution is 5.17. The molecule has 0 amide bonds. The van der Waals surface area contributed by atoms with Crippen LogP contribution in [0.2, 0.25) is 0 Å². The van der Waals surface area contributed by atoms with Crippen LogP contribution in [-0.2, 0) is 4.74 Å². The highest BCUT2D eigenvalue weighted by atomic mass is 16.5. The fourth-order valence-corrected chi connectivity index (χ4v) is 1.06. The first-order valence-electron chi connectivity index (χ1n) is 4.73. The Morgan fingerprint density at radius 2 is 2.00 bits per heavy atom. The molecule has 0 radical (unpaired) electrons. The van der Waals surface area contributed by atoms with E-state index in [0.29, 0.717) is 0 Å². The lowest BCUT2D eigenvalue weighted by Crippen LogP contribution is -1.94. The summed E-state index contributed by atoms with van der Waals surface area (Å²) in [6.45, 7) is 7.66. The van der Waals surface area contributed by atoms with Gasteiger partial charge in [0.05, 0.1) is 6.26 Å². The van der Waals surface area contributed by atoms with Gasteiger partial charge in [0.15, 0.2) is 0 Å². The molecule has 0 aliphatic carbocycles. The number of hydrogen-bond donors (Lipinski definition) is 0. The largest absolute Gasteiger partial charge is 0.493 e. The van der Waals surface area contributed by atoms with Crippen LogP contribution in [-0.4, -0.2) is 0 Å². The molecule has 0 bridgehead atoms. The van der Waals surface area contributed by atoms with Gasteiger partial charge >= 0.3 is 0 Å². The molecule has 1 atom stereocenters. The number of benzene rings is 1. The summed E-state index contributed by atoms with van der Waals surface area (Å²) in [6.07, 6.45) is 3.61. The molecule has 1 rings (SSSR count). The molecule has 1 aromatic rings. The molecule has 0 saturated carbocycles. The van der Waals surface area contributed by atoms with Crippen LogP contribution in [0.25, 0.3) is 0 Å². The molecule has 1 heteroatoms. The molecule has 0 aromatic heterocycles. The predicted molar refractivity (Wildman–Crippen MR) is 59.9 cm³/mol. The molecule has 0 aliphatic rings. The molecule has 0 heterocycles. The van der Waals surface area contributed by atoms with Gasteiger partial charge < -0.3 is 4.74 Å². The molecule has 0 spiro atoms. The third kappa shape index (κ3) is 3.09. The van der Waals surface area contributed by atoms with Gasteiger partial charge in [-0.25, -0.2) is 0 Å². The average molecular weight is 188 g/mol. The molecule has 14 heavy (non-hydrogen) atoms. The van der Waals surface area contributed by atoms with Crippen LogP contribution in [0.3, 0.4) is 0 Å². The van der Waals surface area contributed by atoms with Gasteiger partial charge in [0.2, 0.25) is 0 Å². The van der Waals surface area contributed by atoms with Crippen molar-refractivity contribution in [3.8, 4) is 0 Å². The van der Waals surface area contributed by atoms with Gasteiger partial charge in [-0.05, 0) is 25.0 Å². The Hall–Kier alpha value is -1.50. The quantitative estimate of drug-likeness (QED) is 0.515. The molecule has 0 aliphatic heterocycles. The minimum absolute atomic E-state index is 0.0890. The minimum atomic E-state index is 0.0890. The standard InChI is InChI=1S/C13H16O/c1-4-11(2)10-14-12(3)13-8-6-5-7-9-13/h4-10,12H,1H2,2-3H3/b11-10+. The highest BCUT2D eigenvalue weighted by Gasteiger charge is 2.02. The summed E-state index contributed by atoms with van der Waals surface area (Å²) in [7, 11) is 0. The summed E-state index contributed by atoms with van der Waals surface area (Å²) in [5.41, 5.74) is 2.22. The second-order valence-electron chi connectivity index (χ2n) is 3.25. The van der Waals surface area contributed by atoms with Crippen molar-refractivity contribution in [2.75, 3.05) is 0 Å². The second-order valence-corrected chi connectivity index (χ2v) is 3.25. The zero-order valence-corrected chi connectivity index (χ0v) is 8.73. The van der Waals surface area contributed by atoms with Gasteiger partial charge in [-0.15, -0.1) is 0 Å². The van der Waals surface area contributed by atoms with E-state index < -0.39 is 0 Å². The highest BCUT2D eigenvalue weighted by Crippen LogP contribution is 2.16. The van der Waals surface area contributed by atoms with E-state index in [2.05, 4.69) is 18.7 Å². The van der Waals surface area contributed by atoms with Crippen molar-refractivity contribution in [2.45, 2.75) is 20.0 Å². The minimum Gasteiger partial charge on any atom is -0.493 e. The number of ether oxygens (including phenoxy) is 1. The Labute approximate surface area is 85.7 Å². The first-order valence-corrected chi connectivity index (χ1v) is 4.73. The van der Waals surface area contributed by atoms with Crippen molar-refractivity contribution in [2.24, 2.45) is 0 Å². The SMILES string of the molecule is C=C/C(C)=C/OC(C)c1ccccc1. The molecule has 1 aromatic carbocycles. The fourth-order valence-electron chi connectivity index (χ4n) is 1.06. The van der Waals surface area contributed by atoms with E-state index in [0.717, 1.165) is 5.57 Å². The maximum atomic E-state index is 5.55. The first-order chi connectivity index (χ1) is 6.74. The van der Waals surface area contributed by atoms with Crippen molar-refractivity contribution in [1.82, 2.24) is 0 Å². The Morgan fingerprint density at radius 1 is 1.36 bits per heavy atom. The normalized spacial score (nSPS) is 13.4. The van der Waals surface area contributed by atoms with Crippen LogP contribution in [0, 0.1) is 0 Å². The maximum Gasteiger partial charge on any atom is 0.120 e. The topological polar surface area (TPSA) is 9.23 Å². The van der Waals surface area contributed by atoms with E-state index in [1.54, 1.807) is 12.3 Å². The number of hydrogen-bond acceptors (Lipinski definition) is 1. The van der Waals surface area contributed by atoms with E-state index in [1.165, 1.54) is 5.56 Å². The molecule has 1 unspecified atom stereocenters. The fraction of sp³-hybridized carbons (Fsp3) is 0.231. The summed E-state index contributed by atoms with van der Waals surface area (Å²) in [4.78, 5) is 0. The van der Waals surface area contributed by atoms with E-state index in [1.807, 2.05) is 32.0 Å². The summed E-state index contributed by atoms with van der Waals surface area (Å²) in [6, 6.07) is 10.1. The van der Waals surface area contributed by atoms with Gasteiger partial charge in [-0.2, -0.15) is 0 Å². The van der Waals surface area contributed by atoms with Crippen molar-refractivity contribution in [3.05, 3.63) is 60.4 Å². The molecule has 0 saturated heterocycles. The summed E-state index contributed by atoms with van der Waals surface area (Å²) < 4.78 is 5.55. The van der Waals surface area contributed by atoms with Crippen molar-refractivity contribution in [1.29, 1.82) is 0 Å². The lowest BCUT2D eigenvalue weighted by Gasteiger charge is -2.11. The van der Waals surface area contributed by atoms with Crippen molar-refractivity contribution in [3.63, 3.8) is 0 Å². The Balaban J connectivity index is 2.59. The zero-order chi connectivity index (χ0) is 10.4. The molecular weight excluding hydrogens is 172 g/mol. The third-order valence-electron chi connectivity index (χ3n) is 2.05. The molecule has 0 fully saturated rings. The van der Waals surface area contributed by atoms with E-state index in [4.69, 9.17) is 4.74 Å². The lowest BCUT2D eigenvalue weighted by molar-refractivity contribution is 0.162. The van der Waals surface area contributed by atoms with Gasteiger partial charge in [-0.1, -0.05) is 43.0 Å². The van der Waals surface area contributed by atoms with Gasteiger partial charge in [0.25, 0.3) is 0 Å². The smallest absolute Gasteiger partial charge is 0.120 e. The number of rotatable bonds is 4. The van der Waals surface area contributed by atoms with E-state index >= 15 is 0 Å². The summed E-state index contributed by atoms with van der Waals surface area (Å²) in [5.74, 6) is 0. The molecule has 74 valence electrons. The van der Waals surface area contributed by atoms with Crippen LogP contribution in [0.15, 0.2) is 54.8 Å². The van der Waals surface area contributed by atoms with Crippen molar-refractivity contribution >= 4 is 0 Å². The molecule has 1 nitrogen and oxygen atoms in total. The van der Waals surface area contributed by atoms with Gasteiger partial charge in [0.1, 0.15) is 6.10 Å². The second kappa shape index (κ2) is 5.28. The van der Waals surface area contributed by atoms with Crippen LogP contribution in [0.4, 0.5) is 0 Å². The van der Waals surface area contributed by atoms with E-state index in [9.17, 15) is 0 Å². The number of allylic oxidation sites excluding steroid dienone is 2. The first kappa shape index (κ1) is 10.6. The summed E-state index contributed by atoms with van der Waals surface area (Å²) in [5, 5.41) is 0.